The average Bonchev–Trinajstić information content (AvgIpc) is 1.83. The number of rotatable bonds is 0. The van der Waals surface area contributed by atoms with Gasteiger partial charge in [0.05, 0.1) is 10.6 Å². The molecule has 0 fully saturated rings. The van der Waals surface area contributed by atoms with E-state index >= 15 is 0 Å². The van der Waals surface area contributed by atoms with Crippen molar-refractivity contribution in [3.63, 3.8) is 0 Å². The fourth-order valence-corrected chi connectivity index (χ4v) is 0.862. The molecule has 66 valence electrons. The van der Waals surface area contributed by atoms with E-state index in [2.05, 4.69) is 4.98 Å². The molecule has 0 amide bonds. The second kappa shape index (κ2) is 2.90. The quantitative estimate of drug-likeness (QED) is 0.463. The molecule has 0 aliphatic heterocycles. The largest absolute Gasteiger partial charge is 0.419 e. The highest BCUT2D eigenvalue weighted by Crippen LogP contribution is 2.33. The first-order chi connectivity index (χ1) is 5.41. The molecule has 0 aromatic carbocycles. The topological polar surface area (TPSA) is 12.9 Å². The van der Waals surface area contributed by atoms with Gasteiger partial charge >= 0.3 is 6.18 Å². The van der Waals surface area contributed by atoms with Gasteiger partial charge in [-0.3, -0.25) is 0 Å². The molecule has 0 spiro atoms. The Morgan fingerprint density at radius 1 is 1.33 bits per heavy atom. The second-order valence-corrected chi connectivity index (χ2v) is 2.39. The summed E-state index contributed by atoms with van der Waals surface area (Å²) in [5.41, 5.74) is -1.13. The van der Waals surface area contributed by atoms with Gasteiger partial charge < -0.3 is 0 Å². The van der Waals surface area contributed by atoms with E-state index in [1.165, 1.54) is 0 Å². The molecule has 1 heterocycles. The predicted molar refractivity (Wildman–Crippen MR) is 34.2 cm³/mol. The van der Waals surface area contributed by atoms with E-state index < -0.39 is 22.7 Å². The summed E-state index contributed by atoms with van der Waals surface area (Å²) in [5, 5.41) is -0.685. The Morgan fingerprint density at radius 2 is 1.92 bits per heavy atom. The molecular weight excluding hydrogens is 198 g/mol. The maximum absolute atomic E-state index is 12.2. The van der Waals surface area contributed by atoms with Gasteiger partial charge in [-0.2, -0.15) is 17.6 Å². The Kier molecular flexibility index (Phi) is 2.23. The van der Waals surface area contributed by atoms with Crippen molar-refractivity contribution in [1.29, 1.82) is 0 Å². The van der Waals surface area contributed by atoms with Crippen LogP contribution in [0, 0.1) is 5.95 Å². The second-order valence-electron chi connectivity index (χ2n) is 1.98. The van der Waals surface area contributed by atoms with Crippen molar-refractivity contribution in [3.8, 4) is 0 Å². The molecule has 1 rings (SSSR count). The molecule has 0 aliphatic carbocycles. The summed E-state index contributed by atoms with van der Waals surface area (Å²) in [7, 11) is 0. The van der Waals surface area contributed by atoms with Gasteiger partial charge in [0.2, 0.25) is 5.95 Å². The molecule has 0 saturated carbocycles. The van der Waals surface area contributed by atoms with Crippen molar-refractivity contribution in [1.82, 2.24) is 4.98 Å². The molecule has 6 heteroatoms. The third-order valence-electron chi connectivity index (χ3n) is 1.13. The van der Waals surface area contributed by atoms with Crippen LogP contribution in [0.2, 0.25) is 5.02 Å². The zero-order valence-electron chi connectivity index (χ0n) is 5.49. The lowest BCUT2D eigenvalue weighted by Gasteiger charge is -2.06. The zero-order valence-corrected chi connectivity index (χ0v) is 6.25. The van der Waals surface area contributed by atoms with Gasteiger partial charge in [-0.25, -0.2) is 4.98 Å². The first kappa shape index (κ1) is 9.25. The number of aromatic nitrogens is 1. The van der Waals surface area contributed by atoms with Crippen LogP contribution in [0.3, 0.4) is 0 Å². The minimum Gasteiger partial charge on any atom is -0.228 e. The predicted octanol–water partition coefficient (Wildman–Crippen LogP) is 2.89. The summed E-state index contributed by atoms with van der Waals surface area (Å²) >= 11 is 5.11. The van der Waals surface area contributed by atoms with E-state index in [1.807, 2.05) is 0 Å². The van der Waals surface area contributed by atoms with Crippen molar-refractivity contribution >= 4 is 11.6 Å². The van der Waals surface area contributed by atoms with Crippen LogP contribution in [0.4, 0.5) is 17.6 Å². The molecule has 0 saturated heterocycles. The van der Waals surface area contributed by atoms with E-state index in [0.717, 1.165) is 0 Å². The summed E-state index contributed by atoms with van der Waals surface area (Å²) in [5.74, 6) is -1.03. The summed E-state index contributed by atoms with van der Waals surface area (Å²) in [6.07, 6.45) is -4.23. The first-order valence-electron chi connectivity index (χ1n) is 2.79. The van der Waals surface area contributed by atoms with Crippen molar-refractivity contribution in [2.75, 3.05) is 0 Å². The highest BCUT2D eigenvalue weighted by molar-refractivity contribution is 6.31. The maximum atomic E-state index is 12.2. The number of nitrogens with zero attached hydrogens (tertiary/aromatic N) is 1. The van der Waals surface area contributed by atoms with Crippen molar-refractivity contribution < 1.29 is 17.6 Å². The highest BCUT2D eigenvalue weighted by Gasteiger charge is 2.33. The molecule has 0 radical (unpaired) electrons. The third kappa shape index (κ3) is 1.85. The molecule has 0 atom stereocenters. The Balaban J connectivity index is 3.19. The van der Waals surface area contributed by atoms with Crippen LogP contribution in [0.25, 0.3) is 0 Å². The highest BCUT2D eigenvalue weighted by atomic mass is 35.5. The number of hydrogen-bond donors (Lipinski definition) is 0. The van der Waals surface area contributed by atoms with Crippen LogP contribution in [0.15, 0.2) is 12.3 Å². The van der Waals surface area contributed by atoms with Crippen molar-refractivity contribution in [2.45, 2.75) is 6.18 Å². The number of halogens is 5. The Morgan fingerprint density at radius 3 is 2.33 bits per heavy atom. The fraction of sp³-hybridized carbons (Fsp3) is 0.167. The molecule has 1 aromatic rings. The Labute approximate surface area is 70.0 Å². The molecule has 0 N–H and O–H groups in total. The van der Waals surface area contributed by atoms with E-state index in [9.17, 15) is 17.6 Å². The van der Waals surface area contributed by atoms with Gasteiger partial charge in [-0.1, -0.05) is 11.6 Å². The van der Waals surface area contributed by atoms with Crippen LogP contribution in [0.5, 0.6) is 0 Å². The monoisotopic (exact) mass is 199 g/mol. The maximum Gasteiger partial charge on any atom is 0.419 e. The normalized spacial score (nSPS) is 11.8. The van der Waals surface area contributed by atoms with Crippen LogP contribution >= 0.6 is 11.6 Å². The molecule has 1 nitrogen and oxygen atoms in total. The standard InChI is InChI=1S/C6H2ClF4N/c7-4-1-5(8)12-2-3(4)6(9,10)11/h1-2H. The lowest BCUT2D eigenvalue weighted by molar-refractivity contribution is -0.137. The minimum absolute atomic E-state index is 0.359. The van der Waals surface area contributed by atoms with Crippen LogP contribution in [-0.2, 0) is 6.18 Å². The van der Waals surface area contributed by atoms with Crippen molar-refractivity contribution in [3.05, 3.63) is 28.8 Å². The van der Waals surface area contributed by atoms with Gasteiger partial charge in [-0.15, -0.1) is 0 Å². The molecule has 0 bridgehead atoms. The van der Waals surface area contributed by atoms with Gasteiger partial charge in [-0.05, 0) is 0 Å². The number of hydrogen-bond acceptors (Lipinski definition) is 1. The summed E-state index contributed by atoms with van der Waals surface area (Å²) in [4.78, 5) is 2.84. The fourth-order valence-electron chi connectivity index (χ4n) is 0.616. The van der Waals surface area contributed by atoms with Crippen molar-refractivity contribution in [2.24, 2.45) is 0 Å². The van der Waals surface area contributed by atoms with E-state index in [-0.39, 0.29) is 0 Å². The molecule has 1 aromatic heterocycles. The number of pyridine rings is 1. The third-order valence-corrected chi connectivity index (χ3v) is 1.44. The number of alkyl halides is 3. The lowest BCUT2D eigenvalue weighted by atomic mass is 10.3. The van der Waals surface area contributed by atoms with Crippen LogP contribution < -0.4 is 0 Å². The van der Waals surface area contributed by atoms with E-state index in [4.69, 9.17) is 11.6 Å². The lowest BCUT2D eigenvalue weighted by Crippen LogP contribution is -2.06. The summed E-state index contributed by atoms with van der Waals surface area (Å²) < 4.78 is 48.0. The average molecular weight is 200 g/mol. The SMILES string of the molecule is Fc1cc(Cl)c(C(F)(F)F)cn1. The smallest absolute Gasteiger partial charge is 0.228 e. The summed E-state index contributed by atoms with van der Waals surface area (Å²) in [6, 6.07) is 0.518. The van der Waals surface area contributed by atoms with Crippen LogP contribution in [0.1, 0.15) is 5.56 Å². The summed E-state index contributed by atoms with van der Waals surface area (Å²) in [6.45, 7) is 0. The van der Waals surface area contributed by atoms with E-state index in [0.29, 0.717) is 12.3 Å². The first-order valence-corrected chi connectivity index (χ1v) is 3.17. The molecule has 0 aliphatic rings. The zero-order chi connectivity index (χ0) is 9.35. The van der Waals surface area contributed by atoms with Gasteiger partial charge in [0, 0.05) is 12.3 Å². The van der Waals surface area contributed by atoms with Gasteiger partial charge in [0.1, 0.15) is 0 Å². The Hall–Kier alpha value is -0.840. The van der Waals surface area contributed by atoms with E-state index in [1.54, 1.807) is 0 Å². The molecule has 0 unspecified atom stereocenters. The van der Waals surface area contributed by atoms with Crippen LogP contribution in [-0.4, -0.2) is 4.98 Å². The van der Waals surface area contributed by atoms with Gasteiger partial charge in [0.25, 0.3) is 0 Å². The Bertz CT molecular complexity index is 296. The molecule has 12 heavy (non-hydrogen) atoms. The molecular formula is C6H2ClF4N. The van der Waals surface area contributed by atoms with Gasteiger partial charge in [0.15, 0.2) is 0 Å². The minimum atomic E-state index is -4.59.